The highest BCUT2D eigenvalue weighted by molar-refractivity contribution is 6.76. The third-order valence-electron chi connectivity index (χ3n) is 3.74. The van der Waals surface area contributed by atoms with Crippen molar-refractivity contribution in [2.24, 2.45) is 0 Å². The van der Waals surface area contributed by atoms with Gasteiger partial charge in [-0.05, 0) is 25.9 Å². The van der Waals surface area contributed by atoms with E-state index in [1.807, 2.05) is 11.8 Å². The van der Waals surface area contributed by atoms with E-state index in [-0.39, 0.29) is 18.5 Å². The van der Waals surface area contributed by atoms with E-state index < -0.39 is 8.07 Å². The lowest BCUT2D eigenvalue weighted by atomic mass is 10.3. The number of amides is 2. The highest BCUT2D eigenvalue weighted by Crippen LogP contribution is 2.08. The second kappa shape index (κ2) is 9.15. The summed E-state index contributed by atoms with van der Waals surface area (Å²) < 4.78 is 5.32. The number of carbonyl (C=O) groups is 2. The molecular formula is C15H31N3O3Si. The molecule has 1 heterocycles. The monoisotopic (exact) mass is 329 g/mol. The lowest BCUT2D eigenvalue weighted by Gasteiger charge is -2.25. The summed E-state index contributed by atoms with van der Waals surface area (Å²) in [5.74, 6) is 0.00713. The van der Waals surface area contributed by atoms with Gasteiger partial charge < -0.3 is 15.0 Å². The molecule has 22 heavy (non-hydrogen) atoms. The zero-order valence-corrected chi connectivity index (χ0v) is 15.5. The maximum atomic E-state index is 12.3. The molecule has 0 aromatic heterocycles. The topological polar surface area (TPSA) is 61.9 Å². The molecule has 0 unspecified atom stereocenters. The van der Waals surface area contributed by atoms with Gasteiger partial charge in [-0.15, -0.1) is 0 Å². The SMILES string of the molecule is CCN(CC(=O)N1CCCNCC1)C(=O)OCC[Si](C)(C)C. The highest BCUT2D eigenvalue weighted by atomic mass is 28.3. The van der Waals surface area contributed by atoms with Crippen molar-refractivity contribution in [3.63, 3.8) is 0 Å². The van der Waals surface area contributed by atoms with Crippen molar-refractivity contribution in [1.82, 2.24) is 15.1 Å². The smallest absolute Gasteiger partial charge is 0.410 e. The number of nitrogens with one attached hydrogen (secondary N) is 1. The molecule has 0 aliphatic carbocycles. The number of rotatable bonds is 6. The van der Waals surface area contributed by atoms with E-state index >= 15 is 0 Å². The van der Waals surface area contributed by atoms with Gasteiger partial charge >= 0.3 is 6.09 Å². The molecule has 6 nitrogen and oxygen atoms in total. The van der Waals surface area contributed by atoms with E-state index in [1.54, 1.807) is 0 Å². The molecule has 2 amide bonds. The van der Waals surface area contributed by atoms with Gasteiger partial charge in [0, 0.05) is 34.3 Å². The first kappa shape index (κ1) is 19.0. The Balaban J connectivity index is 2.42. The van der Waals surface area contributed by atoms with Gasteiger partial charge in [0.15, 0.2) is 0 Å². The minimum atomic E-state index is -1.21. The van der Waals surface area contributed by atoms with Gasteiger partial charge in [-0.3, -0.25) is 9.69 Å². The molecule has 1 rings (SSSR count). The van der Waals surface area contributed by atoms with Crippen LogP contribution in [-0.4, -0.2) is 75.7 Å². The Kier molecular flexibility index (Phi) is 7.88. The number of hydrogen-bond donors (Lipinski definition) is 1. The molecule has 0 bridgehead atoms. The van der Waals surface area contributed by atoms with Gasteiger partial charge in [-0.2, -0.15) is 0 Å². The van der Waals surface area contributed by atoms with Crippen molar-refractivity contribution < 1.29 is 14.3 Å². The van der Waals surface area contributed by atoms with Crippen LogP contribution < -0.4 is 5.32 Å². The van der Waals surface area contributed by atoms with E-state index in [1.165, 1.54) is 4.90 Å². The van der Waals surface area contributed by atoms with Crippen LogP contribution in [0.3, 0.4) is 0 Å². The molecule has 0 atom stereocenters. The normalized spacial score (nSPS) is 16.1. The predicted octanol–water partition coefficient (Wildman–Crippen LogP) is 1.60. The van der Waals surface area contributed by atoms with E-state index in [9.17, 15) is 9.59 Å². The Hall–Kier alpha value is -1.08. The zero-order valence-electron chi connectivity index (χ0n) is 14.5. The minimum absolute atomic E-state index is 0.00713. The van der Waals surface area contributed by atoms with Crippen LogP contribution in [0.2, 0.25) is 25.7 Å². The highest BCUT2D eigenvalue weighted by Gasteiger charge is 2.22. The van der Waals surface area contributed by atoms with Crippen molar-refractivity contribution in [2.75, 3.05) is 45.9 Å². The van der Waals surface area contributed by atoms with E-state index in [0.29, 0.717) is 19.7 Å². The summed E-state index contributed by atoms with van der Waals surface area (Å²) in [6, 6.07) is 0.946. The van der Waals surface area contributed by atoms with Crippen LogP contribution in [0, 0.1) is 0 Å². The van der Waals surface area contributed by atoms with Crippen molar-refractivity contribution in [2.45, 2.75) is 39.0 Å². The van der Waals surface area contributed by atoms with Crippen molar-refractivity contribution in [3.8, 4) is 0 Å². The molecule has 1 aliphatic heterocycles. The van der Waals surface area contributed by atoms with Gasteiger partial charge in [0.05, 0.1) is 6.61 Å². The van der Waals surface area contributed by atoms with E-state index in [4.69, 9.17) is 4.74 Å². The van der Waals surface area contributed by atoms with Crippen molar-refractivity contribution >= 4 is 20.1 Å². The molecule has 7 heteroatoms. The summed E-state index contributed by atoms with van der Waals surface area (Å²) in [5.41, 5.74) is 0. The maximum Gasteiger partial charge on any atom is 0.410 e. The van der Waals surface area contributed by atoms with Gasteiger partial charge in [0.25, 0.3) is 0 Å². The van der Waals surface area contributed by atoms with Gasteiger partial charge in [0.2, 0.25) is 5.91 Å². The second-order valence-corrected chi connectivity index (χ2v) is 12.5. The van der Waals surface area contributed by atoms with Gasteiger partial charge in [-0.25, -0.2) is 4.79 Å². The van der Waals surface area contributed by atoms with Crippen LogP contribution in [0.25, 0.3) is 0 Å². The Morgan fingerprint density at radius 3 is 2.59 bits per heavy atom. The van der Waals surface area contributed by atoms with E-state index in [2.05, 4.69) is 25.0 Å². The van der Waals surface area contributed by atoms with E-state index in [0.717, 1.165) is 32.1 Å². The summed E-state index contributed by atoms with van der Waals surface area (Å²) in [6.07, 6.45) is 0.584. The molecule has 0 spiro atoms. The molecule has 0 saturated carbocycles. The quantitative estimate of drug-likeness (QED) is 0.752. The largest absolute Gasteiger partial charge is 0.450 e. The summed E-state index contributed by atoms with van der Waals surface area (Å²) in [7, 11) is -1.21. The van der Waals surface area contributed by atoms with Crippen LogP contribution in [0.15, 0.2) is 0 Å². The van der Waals surface area contributed by atoms with Gasteiger partial charge in [0.1, 0.15) is 6.54 Å². The maximum absolute atomic E-state index is 12.3. The van der Waals surface area contributed by atoms with Crippen LogP contribution in [0.5, 0.6) is 0 Å². The zero-order chi connectivity index (χ0) is 16.6. The van der Waals surface area contributed by atoms with Crippen LogP contribution in [-0.2, 0) is 9.53 Å². The number of hydrogen-bond acceptors (Lipinski definition) is 4. The molecular weight excluding hydrogens is 298 g/mol. The molecule has 1 N–H and O–H groups in total. The minimum Gasteiger partial charge on any atom is -0.450 e. The average Bonchev–Trinajstić information content (AvgIpc) is 2.72. The fourth-order valence-electron chi connectivity index (χ4n) is 2.20. The molecule has 1 aliphatic rings. The lowest BCUT2D eigenvalue weighted by molar-refractivity contribution is -0.131. The molecule has 0 aromatic rings. The summed E-state index contributed by atoms with van der Waals surface area (Å²) in [4.78, 5) is 27.7. The fraction of sp³-hybridized carbons (Fsp3) is 0.867. The third kappa shape index (κ3) is 7.26. The number of likely N-dealkylation sites (N-methyl/N-ethyl adjacent to an activating group) is 1. The first-order valence-corrected chi connectivity index (χ1v) is 11.9. The van der Waals surface area contributed by atoms with Crippen LogP contribution in [0.4, 0.5) is 4.79 Å². The Morgan fingerprint density at radius 1 is 1.23 bits per heavy atom. The molecule has 128 valence electrons. The standard InChI is InChI=1S/C15H31N3O3Si/c1-5-17(15(20)21-11-12-22(2,3)4)13-14(19)18-9-6-7-16-8-10-18/h16H,5-13H2,1-4H3. The lowest BCUT2D eigenvalue weighted by Crippen LogP contribution is -2.44. The van der Waals surface area contributed by atoms with Crippen LogP contribution >= 0.6 is 0 Å². The number of nitrogens with zero attached hydrogens (tertiary/aromatic N) is 2. The Bertz CT molecular complexity index is 364. The Morgan fingerprint density at radius 2 is 1.95 bits per heavy atom. The Labute approximate surface area is 135 Å². The van der Waals surface area contributed by atoms with Gasteiger partial charge in [-0.1, -0.05) is 19.6 Å². The van der Waals surface area contributed by atoms with Crippen molar-refractivity contribution in [3.05, 3.63) is 0 Å². The first-order chi connectivity index (χ1) is 10.3. The number of carbonyl (C=O) groups excluding carboxylic acids is 2. The average molecular weight is 330 g/mol. The summed E-state index contributed by atoms with van der Waals surface area (Å²) in [6.45, 7) is 12.9. The van der Waals surface area contributed by atoms with Crippen molar-refractivity contribution in [1.29, 1.82) is 0 Å². The molecule has 1 fully saturated rings. The fourth-order valence-corrected chi connectivity index (χ4v) is 2.91. The second-order valence-electron chi connectivity index (χ2n) is 6.92. The third-order valence-corrected chi connectivity index (χ3v) is 5.44. The molecule has 0 radical (unpaired) electrons. The summed E-state index contributed by atoms with van der Waals surface area (Å²) >= 11 is 0. The van der Waals surface area contributed by atoms with Crippen LogP contribution in [0.1, 0.15) is 13.3 Å². The predicted molar refractivity (Wildman–Crippen MR) is 90.8 cm³/mol. The number of ether oxygens (including phenoxy) is 1. The molecule has 0 aromatic carbocycles. The molecule has 1 saturated heterocycles. The first-order valence-electron chi connectivity index (χ1n) is 8.23. The summed E-state index contributed by atoms with van der Waals surface area (Å²) in [5, 5.41) is 3.27.